The van der Waals surface area contributed by atoms with Crippen molar-refractivity contribution in [3.8, 4) is 0 Å². The van der Waals surface area contributed by atoms with Crippen molar-refractivity contribution in [3.05, 3.63) is 52.9 Å². The van der Waals surface area contributed by atoms with Crippen LogP contribution < -0.4 is 4.90 Å². The number of anilines is 1. The molecule has 0 spiro atoms. The minimum atomic E-state index is 0.533. The Bertz CT molecular complexity index is 808. The summed E-state index contributed by atoms with van der Waals surface area (Å²) in [5, 5.41) is 11.2. The van der Waals surface area contributed by atoms with Crippen LogP contribution >= 0.6 is 0 Å². The van der Waals surface area contributed by atoms with Crippen molar-refractivity contribution in [2.24, 2.45) is 4.99 Å². The number of pyridine rings is 1. The highest BCUT2D eigenvalue weighted by Gasteiger charge is 2.23. The maximum absolute atomic E-state index is 11.2. The van der Waals surface area contributed by atoms with E-state index in [4.69, 9.17) is 9.73 Å². The molecule has 1 saturated heterocycles. The number of nitrogens with zero attached hydrogens (tertiary/aromatic N) is 4. The molecule has 0 aliphatic carbocycles. The summed E-state index contributed by atoms with van der Waals surface area (Å²) in [7, 11) is 0. The molecule has 0 N–H and O–H groups in total. The summed E-state index contributed by atoms with van der Waals surface area (Å²) in [4.78, 5) is 11.6. The smallest absolute Gasteiger partial charge is 0.215 e. The molecule has 1 aromatic heterocycles. The topological polar surface area (TPSA) is 63.8 Å². The van der Waals surface area contributed by atoms with Gasteiger partial charge in [-0.25, -0.2) is 9.98 Å². The van der Waals surface area contributed by atoms with Gasteiger partial charge < -0.3 is 14.8 Å². The van der Waals surface area contributed by atoms with Gasteiger partial charge in [0, 0.05) is 37.8 Å². The molecule has 3 heterocycles. The first-order valence-electron chi connectivity index (χ1n) is 7.99. The molecule has 1 fully saturated rings. The van der Waals surface area contributed by atoms with Crippen LogP contribution in [0.3, 0.4) is 0 Å². The Hall–Kier alpha value is -2.73. The average molecular weight is 322 g/mol. The highest BCUT2D eigenvalue weighted by Crippen LogP contribution is 2.36. The highest BCUT2D eigenvalue weighted by molar-refractivity contribution is 6.07. The van der Waals surface area contributed by atoms with Crippen LogP contribution in [-0.2, 0) is 11.2 Å². The SMILES string of the molecule is C=[N+]([O-])c1ccc(C2=Nc3c(ccnc3N3CCOCC3)C2)cc1. The van der Waals surface area contributed by atoms with Crippen molar-refractivity contribution in [2.75, 3.05) is 31.2 Å². The number of fused-ring (bicyclic) bond motifs is 1. The van der Waals surface area contributed by atoms with E-state index in [1.807, 2.05) is 24.4 Å². The van der Waals surface area contributed by atoms with Crippen LogP contribution in [0.5, 0.6) is 0 Å². The lowest BCUT2D eigenvalue weighted by molar-refractivity contribution is -0.349. The van der Waals surface area contributed by atoms with Gasteiger partial charge in [-0.2, -0.15) is 4.74 Å². The Labute approximate surface area is 140 Å². The fraction of sp³-hybridized carbons (Fsp3) is 0.278. The number of hydrogen-bond acceptors (Lipinski definition) is 5. The second-order valence-corrected chi connectivity index (χ2v) is 5.90. The Morgan fingerprint density at radius 3 is 2.58 bits per heavy atom. The van der Waals surface area contributed by atoms with Crippen LogP contribution in [0.15, 0.2) is 41.5 Å². The highest BCUT2D eigenvalue weighted by atomic mass is 16.5. The van der Waals surface area contributed by atoms with Crippen LogP contribution in [-0.4, -0.2) is 48.5 Å². The zero-order chi connectivity index (χ0) is 16.5. The quantitative estimate of drug-likeness (QED) is 0.377. The Kier molecular flexibility index (Phi) is 3.74. The maximum atomic E-state index is 11.2. The molecule has 2 aromatic rings. The zero-order valence-corrected chi connectivity index (χ0v) is 13.3. The second-order valence-electron chi connectivity index (χ2n) is 5.90. The number of aliphatic imine (C=N–C) groups is 1. The molecule has 4 rings (SSSR count). The third-order valence-corrected chi connectivity index (χ3v) is 4.39. The van der Waals surface area contributed by atoms with Crippen molar-refractivity contribution in [2.45, 2.75) is 6.42 Å². The lowest BCUT2D eigenvalue weighted by atomic mass is 10.0. The van der Waals surface area contributed by atoms with E-state index in [0.29, 0.717) is 10.4 Å². The Morgan fingerprint density at radius 1 is 1.12 bits per heavy atom. The standard InChI is InChI=1S/C18H18N4O2/c1-21(23)15-4-2-13(3-5-15)16-12-14-6-7-19-18(17(14)20-16)22-8-10-24-11-9-22/h2-7H,1,8-12H2. The Morgan fingerprint density at radius 2 is 1.88 bits per heavy atom. The van der Waals surface area contributed by atoms with Gasteiger partial charge in [0.1, 0.15) is 12.4 Å². The molecule has 0 atom stereocenters. The van der Waals surface area contributed by atoms with E-state index in [1.165, 1.54) is 5.56 Å². The average Bonchev–Trinajstić information content (AvgIpc) is 3.06. The summed E-state index contributed by atoms with van der Waals surface area (Å²) in [6.45, 7) is 6.48. The molecule has 1 aromatic carbocycles. The minimum Gasteiger partial charge on any atom is -0.619 e. The minimum absolute atomic E-state index is 0.533. The first kappa shape index (κ1) is 14.8. The summed E-state index contributed by atoms with van der Waals surface area (Å²) in [5.41, 5.74) is 4.70. The van der Waals surface area contributed by atoms with Gasteiger partial charge in [-0.15, -0.1) is 0 Å². The fourth-order valence-corrected chi connectivity index (χ4v) is 3.09. The first-order valence-corrected chi connectivity index (χ1v) is 7.99. The third-order valence-electron chi connectivity index (χ3n) is 4.39. The van der Waals surface area contributed by atoms with E-state index in [-0.39, 0.29) is 0 Å². The lowest BCUT2D eigenvalue weighted by Crippen LogP contribution is -2.36. The lowest BCUT2D eigenvalue weighted by Gasteiger charge is -2.28. The summed E-state index contributed by atoms with van der Waals surface area (Å²) in [6, 6.07) is 9.39. The monoisotopic (exact) mass is 322 g/mol. The molecule has 0 unspecified atom stereocenters. The van der Waals surface area contributed by atoms with Gasteiger partial charge in [-0.1, -0.05) is 0 Å². The predicted octanol–water partition coefficient (Wildman–Crippen LogP) is 2.44. The summed E-state index contributed by atoms with van der Waals surface area (Å²) in [5.74, 6) is 0.936. The van der Waals surface area contributed by atoms with E-state index in [9.17, 15) is 5.21 Å². The predicted molar refractivity (Wildman–Crippen MR) is 94.0 cm³/mol. The van der Waals surface area contributed by atoms with Gasteiger partial charge in [0.15, 0.2) is 5.82 Å². The van der Waals surface area contributed by atoms with Gasteiger partial charge in [-0.05, 0) is 29.3 Å². The van der Waals surface area contributed by atoms with Crippen LogP contribution in [0.4, 0.5) is 17.2 Å². The molecule has 0 bridgehead atoms. The molecule has 6 nitrogen and oxygen atoms in total. The molecular formula is C18H18N4O2. The summed E-state index contributed by atoms with van der Waals surface area (Å²) >= 11 is 0. The number of benzene rings is 1. The van der Waals surface area contributed by atoms with E-state index in [2.05, 4.69) is 16.6 Å². The number of rotatable bonds is 3. The number of aromatic nitrogens is 1. The molecule has 0 radical (unpaired) electrons. The van der Waals surface area contributed by atoms with Crippen molar-refractivity contribution in [3.63, 3.8) is 0 Å². The number of hydrogen-bond donors (Lipinski definition) is 0. The molecule has 2 aliphatic rings. The van der Waals surface area contributed by atoms with E-state index >= 15 is 0 Å². The van der Waals surface area contributed by atoms with E-state index in [1.54, 1.807) is 12.1 Å². The summed E-state index contributed by atoms with van der Waals surface area (Å²) in [6.07, 6.45) is 2.63. The van der Waals surface area contributed by atoms with Crippen LogP contribution in [0.25, 0.3) is 0 Å². The largest absolute Gasteiger partial charge is 0.619 e. The van der Waals surface area contributed by atoms with Gasteiger partial charge in [0.25, 0.3) is 0 Å². The molecule has 24 heavy (non-hydrogen) atoms. The van der Waals surface area contributed by atoms with Crippen molar-refractivity contribution >= 4 is 29.6 Å². The third kappa shape index (κ3) is 2.65. The number of ether oxygens (including phenoxy) is 1. The van der Waals surface area contributed by atoms with Gasteiger partial charge in [0.05, 0.1) is 18.9 Å². The van der Waals surface area contributed by atoms with E-state index < -0.39 is 0 Å². The molecule has 6 heteroatoms. The molecule has 122 valence electrons. The molecule has 0 amide bonds. The van der Waals surface area contributed by atoms with E-state index in [0.717, 1.165) is 55.5 Å². The summed E-state index contributed by atoms with van der Waals surface area (Å²) < 4.78 is 6.03. The Balaban J connectivity index is 1.66. The normalized spacial score (nSPS) is 16.7. The van der Waals surface area contributed by atoms with Gasteiger partial charge in [0.2, 0.25) is 5.69 Å². The first-order chi connectivity index (χ1) is 11.7. The van der Waals surface area contributed by atoms with Crippen LogP contribution in [0, 0.1) is 5.21 Å². The maximum Gasteiger partial charge on any atom is 0.215 e. The molecular weight excluding hydrogens is 304 g/mol. The van der Waals surface area contributed by atoms with Gasteiger partial charge in [-0.3, -0.25) is 0 Å². The van der Waals surface area contributed by atoms with Crippen molar-refractivity contribution < 1.29 is 9.48 Å². The fourth-order valence-electron chi connectivity index (χ4n) is 3.09. The number of morpholine rings is 1. The van der Waals surface area contributed by atoms with Crippen molar-refractivity contribution in [1.82, 2.24) is 4.98 Å². The van der Waals surface area contributed by atoms with Crippen molar-refractivity contribution in [1.29, 1.82) is 0 Å². The zero-order valence-electron chi connectivity index (χ0n) is 13.3. The van der Waals surface area contributed by atoms with Crippen LogP contribution in [0.1, 0.15) is 11.1 Å². The molecule has 0 saturated carbocycles. The van der Waals surface area contributed by atoms with Gasteiger partial charge >= 0.3 is 0 Å². The molecule has 2 aliphatic heterocycles. The second kappa shape index (κ2) is 6.05. The van der Waals surface area contributed by atoms with Crippen LogP contribution in [0.2, 0.25) is 0 Å².